The fourth-order valence-corrected chi connectivity index (χ4v) is 3.09. The molecule has 2 atom stereocenters. The number of rotatable bonds is 7. The Labute approximate surface area is 148 Å². The van der Waals surface area contributed by atoms with E-state index in [1.165, 1.54) is 0 Å². The lowest BCUT2D eigenvalue weighted by atomic mass is 9.95. The molecule has 2 amide bonds. The summed E-state index contributed by atoms with van der Waals surface area (Å²) < 4.78 is 0. The average molecular weight is 346 g/mol. The molecule has 2 N–H and O–H groups in total. The molecule has 136 valence electrons. The SMILES string of the molecule is CCCC[C@H](NC(=O)C1CCCN(C(=O)c2ccccc2)C1)C(=O)O. The van der Waals surface area contributed by atoms with Gasteiger partial charge in [-0.2, -0.15) is 0 Å². The molecule has 1 fully saturated rings. The van der Waals surface area contributed by atoms with Crippen molar-refractivity contribution in [1.29, 1.82) is 0 Å². The predicted octanol–water partition coefficient (Wildman–Crippen LogP) is 2.30. The van der Waals surface area contributed by atoms with Crippen LogP contribution in [-0.4, -0.2) is 46.9 Å². The van der Waals surface area contributed by atoms with Crippen molar-refractivity contribution in [3.8, 4) is 0 Å². The van der Waals surface area contributed by atoms with Gasteiger partial charge in [-0.3, -0.25) is 9.59 Å². The zero-order chi connectivity index (χ0) is 18.2. The highest BCUT2D eigenvalue weighted by molar-refractivity contribution is 5.94. The molecule has 0 radical (unpaired) electrons. The van der Waals surface area contributed by atoms with E-state index in [2.05, 4.69) is 5.32 Å². The number of nitrogens with zero attached hydrogens (tertiary/aromatic N) is 1. The summed E-state index contributed by atoms with van der Waals surface area (Å²) in [5.74, 6) is -1.72. The Morgan fingerprint density at radius 3 is 2.64 bits per heavy atom. The van der Waals surface area contributed by atoms with Gasteiger partial charge in [0.1, 0.15) is 6.04 Å². The van der Waals surface area contributed by atoms with Crippen LogP contribution < -0.4 is 5.32 Å². The summed E-state index contributed by atoms with van der Waals surface area (Å²) in [7, 11) is 0. The van der Waals surface area contributed by atoms with E-state index in [1.807, 2.05) is 25.1 Å². The predicted molar refractivity (Wildman–Crippen MR) is 94.2 cm³/mol. The fourth-order valence-electron chi connectivity index (χ4n) is 3.09. The van der Waals surface area contributed by atoms with Crippen LogP contribution in [0.25, 0.3) is 0 Å². The minimum atomic E-state index is -1.00. The summed E-state index contributed by atoms with van der Waals surface area (Å²) >= 11 is 0. The Kier molecular flexibility index (Phi) is 6.98. The molecule has 1 saturated heterocycles. The standard InChI is InChI=1S/C19H26N2O4/c1-2-3-11-16(19(24)25)20-17(22)15-10-7-12-21(13-15)18(23)14-8-5-4-6-9-14/h4-6,8-9,15-16H,2-3,7,10-13H2,1H3,(H,20,22)(H,24,25)/t15?,16-/m0/s1. The summed E-state index contributed by atoms with van der Waals surface area (Å²) in [5, 5.41) is 11.9. The van der Waals surface area contributed by atoms with Gasteiger partial charge in [0.05, 0.1) is 5.92 Å². The van der Waals surface area contributed by atoms with Crippen LogP contribution >= 0.6 is 0 Å². The third-order valence-electron chi connectivity index (χ3n) is 4.56. The molecule has 6 nitrogen and oxygen atoms in total. The Morgan fingerprint density at radius 1 is 1.28 bits per heavy atom. The van der Waals surface area contributed by atoms with Crippen molar-refractivity contribution in [2.45, 2.75) is 45.1 Å². The lowest BCUT2D eigenvalue weighted by molar-refractivity contribution is -0.143. The van der Waals surface area contributed by atoms with E-state index in [-0.39, 0.29) is 17.7 Å². The molecule has 6 heteroatoms. The number of carbonyl (C=O) groups excluding carboxylic acids is 2. The van der Waals surface area contributed by atoms with Gasteiger partial charge in [0.25, 0.3) is 5.91 Å². The maximum absolute atomic E-state index is 12.5. The minimum absolute atomic E-state index is 0.0844. The van der Waals surface area contributed by atoms with E-state index in [4.69, 9.17) is 0 Å². The van der Waals surface area contributed by atoms with Gasteiger partial charge in [0.2, 0.25) is 5.91 Å². The molecule has 1 unspecified atom stereocenters. The number of carboxylic acid groups (broad SMARTS) is 1. The van der Waals surface area contributed by atoms with E-state index >= 15 is 0 Å². The van der Waals surface area contributed by atoms with Gasteiger partial charge < -0.3 is 15.3 Å². The summed E-state index contributed by atoms with van der Waals surface area (Å²) in [6.45, 7) is 2.93. The number of nitrogens with one attached hydrogen (secondary N) is 1. The summed E-state index contributed by atoms with van der Waals surface area (Å²) in [4.78, 5) is 38.0. The van der Waals surface area contributed by atoms with Crippen molar-refractivity contribution in [2.24, 2.45) is 5.92 Å². The fraction of sp³-hybridized carbons (Fsp3) is 0.526. The maximum Gasteiger partial charge on any atom is 0.326 e. The molecule has 0 bridgehead atoms. The van der Waals surface area contributed by atoms with Gasteiger partial charge in [-0.05, 0) is 31.4 Å². The number of piperidine rings is 1. The van der Waals surface area contributed by atoms with Gasteiger partial charge in [-0.25, -0.2) is 4.79 Å². The van der Waals surface area contributed by atoms with E-state index in [9.17, 15) is 19.5 Å². The zero-order valence-corrected chi connectivity index (χ0v) is 14.6. The summed E-state index contributed by atoms with van der Waals surface area (Å²) in [6.07, 6.45) is 3.47. The van der Waals surface area contributed by atoms with E-state index in [0.29, 0.717) is 31.5 Å². The normalized spacial score (nSPS) is 18.4. The number of carboxylic acids is 1. The second-order valence-electron chi connectivity index (χ2n) is 6.50. The molecule has 0 aromatic heterocycles. The number of benzene rings is 1. The van der Waals surface area contributed by atoms with Crippen LogP contribution in [0.5, 0.6) is 0 Å². The van der Waals surface area contributed by atoms with Crippen molar-refractivity contribution in [3.63, 3.8) is 0 Å². The average Bonchev–Trinajstić information content (AvgIpc) is 2.64. The number of carbonyl (C=O) groups is 3. The summed E-state index contributed by atoms with van der Waals surface area (Å²) in [5.41, 5.74) is 0.606. The van der Waals surface area contributed by atoms with Crippen molar-refractivity contribution in [2.75, 3.05) is 13.1 Å². The Balaban J connectivity index is 1.96. The number of hydrogen-bond donors (Lipinski definition) is 2. The zero-order valence-electron chi connectivity index (χ0n) is 14.6. The highest BCUT2D eigenvalue weighted by Gasteiger charge is 2.31. The first kappa shape index (κ1) is 19.0. The molecule has 25 heavy (non-hydrogen) atoms. The number of unbranched alkanes of at least 4 members (excludes halogenated alkanes) is 1. The van der Waals surface area contributed by atoms with E-state index < -0.39 is 12.0 Å². The third-order valence-corrected chi connectivity index (χ3v) is 4.56. The van der Waals surface area contributed by atoms with Crippen molar-refractivity contribution >= 4 is 17.8 Å². The Hall–Kier alpha value is -2.37. The molecule has 1 aromatic carbocycles. The lowest BCUT2D eigenvalue weighted by Crippen LogP contribution is -2.49. The molecule has 0 saturated carbocycles. The first-order valence-electron chi connectivity index (χ1n) is 8.90. The van der Waals surface area contributed by atoms with E-state index in [0.717, 1.165) is 19.3 Å². The topological polar surface area (TPSA) is 86.7 Å². The minimum Gasteiger partial charge on any atom is -0.480 e. The van der Waals surface area contributed by atoms with Crippen LogP contribution in [0.15, 0.2) is 30.3 Å². The number of hydrogen-bond acceptors (Lipinski definition) is 3. The molecule has 1 heterocycles. The monoisotopic (exact) mass is 346 g/mol. The van der Waals surface area contributed by atoms with Crippen LogP contribution in [0.4, 0.5) is 0 Å². The molecule has 1 aromatic rings. The number of amides is 2. The largest absolute Gasteiger partial charge is 0.480 e. The Morgan fingerprint density at radius 2 is 2.00 bits per heavy atom. The third kappa shape index (κ3) is 5.31. The van der Waals surface area contributed by atoms with Crippen LogP contribution in [0.1, 0.15) is 49.4 Å². The molecule has 0 spiro atoms. The van der Waals surface area contributed by atoms with Gasteiger partial charge >= 0.3 is 5.97 Å². The Bertz CT molecular complexity index is 603. The molecular formula is C19H26N2O4. The lowest BCUT2D eigenvalue weighted by Gasteiger charge is -2.32. The van der Waals surface area contributed by atoms with Crippen LogP contribution in [0.2, 0.25) is 0 Å². The van der Waals surface area contributed by atoms with E-state index in [1.54, 1.807) is 17.0 Å². The smallest absolute Gasteiger partial charge is 0.326 e. The summed E-state index contributed by atoms with van der Waals surface area (Å²) in [6, 6.07) is 8.15. The molecule has 2 rings (SSSR count). The highest BCUT2D eigenvalue weighted by atomic mass is 16.4. The van der Waals surface area contributed by atoms with Crippen LogP contribution in [0, 0.1) is 5.92 Å². The van der Waals surface area contributed by atoms with Crippen molar-refractivity contribution in [3.05, 3.63) is 35.9 Å². The van der Waals surface area contributed by atoms with Crippen LogP contribution in [-0.2, 0) is 9.59 Å². The molecule has 1 aliphatic heterocycles. The van der Waals surface area contributed by atoms with Gasteiger partial charge in [-0.15, -0.1) is 0 Å². The highest BCUT2D eigenvalue weighted by Crippen LogP contribution is 2.19. The first-order chi connectivity index (χ1) is 12.0. The van der Waals surface area contributed by atoms with Crippen molar-refractivity contribution in [1.82, 2.24) is 10.2 Å². The number of likely N-dealkylation sites (tertiary alicyclic amines) is 1. The van der Waals surface area contributed by atoms with Gasteiger partial charge in [-0.1, -0.05) is 38.0 Å². The van der Waals surface area contributed by atoms with Gasteiger partial charge in [0.15, 0.2) is 0 Å². The second kappa shape index (κ2) is 9.20. The first-order valence-corrected chi connectivity index (χ1v) is 8.90. The van der Waals surface area contributed by atoms with Crippen LogP contribution in [0.3, 0.4) is 0 Å². The second-order valence-corrected chi connectivity index (χ2v) is 6.50. The van der Waals surface area contributed by atoms with Gasteiger partial charge in [0, 0.05) is 18.7 Å². The molecule has 0 aliphatic carbocycles. The molecule has 1 aliphatic rings. The quantitative estimate of drug-likeness (QED) is 0.793. The number of aliphatic carboxylic acids is 1. The molecular weight excluding hydrogens is 320 g/mol. The van der Waals surface area contributed by atoms with Crippen molar-refractivity contribution < 1.29 is 19.5 Å². The maximum atomic E-state index is 12.5.